The van der Waals surface area contributed by atoms with Crippen molar-refractivity contribution in [2.75, 3.05) is 19.8 Å². The number of carbonyl (C=O) groups is 2. The molecular weight excluding hydrogens is 753 g/mol. The van der Waals surface area contributed by atoms with Crippen LogP contribution in [0.5, 0.6) is 11.5 Å². The number of ether oxygens (including phenoxy) is 6. The van der Waals surface area contributed by atoms with Crippen LogP contribution < -0.4 is 14.3 Å². The molecule has 3 heterocycles. The van der Waals surface area contributed by atoms with Crippen molar-refractivity contribution < 1.29 is 72.6 Å². The van der Waals surface area contributed by atoms with Gasteiger partial charge in [-0.3, -0.25) is 10.3 Å². The van der Waals surface area contributed by atoms with E-state index < -0.39 is 76.0 Å². The zero-order chi connectivity index (χ0) is 39.6. The summed E-state index contributed by atoms with van der Waals surface area (Å²) in [7, 11) is -5.91. The molecule has 2 aromatic carbocycles. The Kier molecular flexibility index (Phi) is 12.2. The van der Waals surface area contributed by atoms with Crippen LogP contribution in [0.3, 0.4) is 0 Å². The van der Waals surface area contributed by atoms with Crippen molar-refractivity contribution in [3.05, 3.63) is 59.7 Å². The van der Waals surface area contributed by atoms with E-state index in [1.54, 1.807) is 34.6 Å². The molecule has 20 heteroatoms. The number of halogens is 5. The summed E-state index contributed by atoms with van der Waals surface area (Å²) in [5.41, 5.74) is -4.09. The van der Waals surface area contributed by atoms with Crippen LogP contribution in [-0.2, 0) is 46.8 Å². The zero-order valence-electron chi connectivity index (χ0n) is 30.0. The molecule has 0 aromatic heterocycles. The number of fused-ring (bicyclic) bond motifs is 1. The fourth-order valence-corrected chi connectivity index (χ4v) is 6.88. The molecule has 5 atom stereocenters. The van der Waals surface area contributed by atoms with Gasteiger partial charge in [-0.25, -0.2) is 14.6 Å². The lowest BCUT2D eigenvalue weighted by Gasteiger charge is -2.35. The third-order valence-electron chi connectivity index (χ3n) is 8.64. The molecular formula is C34H42F5N3O11S. The predicted molar refractivity (Wildman–Crippen MR) is 177 cm³/mol. The van der Waals surface area contributed by atoms with Crippen LogP contribution >= 0.6 is 0 Å². The average Bonchev–Trinajstić information content (AvgIpc) is 3.71. The highest BCUT2D eigenvalue weighted by atomic mass is 32.2. The van der Waals surface area contributed by atoms with E-state index in [1.165, 1.54) is 46.3 Å². The van der Waals surface area contributed by atoms with Gasteiger partial charge in [0.25, 0.3) is 0 Å². The third kappa shape index (κ3) is 10.4. The van der Waals surface area contributed by atoms with E-state index in [4.69, 9.17) is 23.7 Å². The van der Waals surface area contributed by atoms with E-state index >= 15 is 0 Å². The van der Waals surface area contributed by atoms with Gasteiger partial charge in [0, 0.05) is 13.1 Å². The van der Waals surface area contributed by atoms with Gasteiger partial charge in [0.1, 0.15) is 28.9 Å². The first kappa shape index (κ1) is 41.2. The maximum Gasteiger partial charge on any atom is 0.534 e. The summed E-state index contributed by atoms with van der Waals surface area (Å²) in [5, 5.41) is 1.47. The molecule has 2 amide bonds. The Balaban J connectivity index is 1.41. The van der Waals surface area contributed by atoms with E-state index in [0.29, 0.717) is 24.2 Å². The van der Waals surface area contributed by atoms with E-state index in [1.807, 2.05) is 0 Å². The Morgan fingerprint density at radius 2 is 1.63 bits per heavy atom. The van der Waals surface area contributed by atoms with Crippen LogP contribution in [0.15, 0.2) is 48.5 Å². The molecule has 0 bridgehead atoms. The number of rotatable bonds is 12. The highest BCUT2D eigenvalue weighted by Gasteiger charge is 2.52. The zero-order valence-corrected chi connectivity index (χ0v) is 30.8. The Morgan fingerprint density at radius 3 is 2.24 bits per heavy atom. The highest BCUT2D eigenvalue weighted by molar-refractivity contribution is 7.88. The summed E-state index contributed by atoms with van der Waals surface area (Å²) in [6.45, 7) is 5.79. The Hall–Kier alpha value is -3.98. The minimum atomic E-state index is -5.91. The Bertz CT molecular complexity index is 1720. The van der Waals surface area contributed by atoms with Crippen molar-refractivity contribution in [2.45, 2.75) is 102 Å². The monoisotopic (exact) mass is 795 g/mol. The van der Waals surface area contributed by atoms with Crippen LogP contribution in [0.25, 0.3) is 0 Å². The maximum atomic E-state index is 13.7. The summed E-state index contributed by atoms with van der Waals surface area (Å²) in [6.07, 6.45) is -2.83. The normalized spacial score (nSPS) is 24.1. The summed E-state index contributed by atoms with van der Waals surface area (Å²) < 4.78 is 125. The van der Waals surface area contributed by atoms with Crippen LogP contribution in [0.2, 0.25) is 0 Å². The molecule has 300 valence electrons. The number of nitrogens with zero attached hydrogens (tertiary/aromatic N) is 2. The number of hydrogen-bond donors (Lipinski definition) is 1. The lowest BCUT2D eigenvalue weighted by atomic mass is 9.99. The number of carbonyl (C=O) groups excluding carboxylic acids is 2. The molecule has 14 nitrogen and oxygen atoms in total. The minimum absolute atomic E-state index is 0.000445. The number of amides is 2. The van der Waals surface area contributed by atoms with Gasteiger partial charge in [0.05, 0.1) is 31.3 Å². The van der Waals surface area contributed by atoms with Crippen molar-refractivity contribution in [1.82, 2.24) is 15.3 Å². The van der Waals surface area contributed by atoms with Crippen LogP contribution in [0, 0.1) is 5.92 Å². The van der Waals surface area contributed by atoms with Gasteiger partial charge in [0.15, 0.2) is 6.29 Å². The lowest BCUT2D eigenvalue weighted by Crippen LogP contribution is -2.53. The van der Waals surface area contributed by atoms with E-state index in [9.17, 15) is 40.0 Å². The molecule has 5 rings (SSSR count). The van der Waals surface area contributed by atoms with Crippen LogP contribution in [0.4, 0.5) is 31.5 Å². The van der Waals surface area contributed by atoms with Gasteiger partial charge in [0.2, 0.25) is 0 Å². The van der Waals surface area contributed by atoms with Gasteiger partial charge < -0.3 is 32.6 Å². The Morgan fingerprint density at radius 1 is 1.00 bits per heavy atom. The predicted octanol–water partition coefficient (Wildman–Crippen LogP) is 5.70. The molecule has 2 aromatic rings. The SMILES string of the molecule is CC(C)(C)OC(=O)N1[C@H](Cc2ccc(OS(=O)(=O)C(F)(F)F)cc2)[C@H](CN(Cc2ccc(OC(F)F)cc2)NC(=O)O[C@H]2CO[C@H]3OCC[C@H]32)OC1(C)C. The first-order valence-electron chi connectivity index (χ1n) is 16.9. The summed E-state index contributed by atoms with van der Waals surface area (Å²) in [5.74, 6) is -0.812. The number of hydrazine groups is 1. The third-order valence-corrected chi connectivity index (χ3v) is 9.62. The topological polar surface area (TPSA) is 151 Å². The van der Waals surface area contributed by atoms with Gasteiger partial charge in [-0.15, -0.1) is 0 Å². The second-order valence-corrected chi connectivity index (χ2v) is 15.9. The van der Waals surface area contributed by atoms with Gasteiger partial charge >= 0.3 is 34.4 Å². The van der Waals surface area contributed by atoms with Crippen LogP contribution in [0.1, 0.15) is 52.2 Å². The Labute approximate surface area is 308 Å². The first-order chi connectivity index (χ1) is 25.1. The second-order valence-electron chi connectivity index (χ2n) is 14.3. The second kappa shape index (κ2) is 16.0. The smallest absolute Gasteiger partial charge is 0.444 e. The van der Waals surface area contributed by atoms with Crippen molar-refractivity contribution >= 4 is 22.3 Å². The quantitative estimate of drug-likeness (QED) is 0.121. The number of hydrogen-bond acceptors (Lipinski definition) is 12. The summed E-state index contributed by atoms with van der Waals surface area (Å²) in [4.78, 5) is 28.4. The summed E-state index contributed by atoms with van der Waals surface area (Å²) in [6, 6.07) is 9.67. The molecule has 3 aliphatic rings. The van der Waals surface area contributed by atoms with Gasteiger partial charge in [-0.1, -0.05) is 24.3 Å². The summed E-state index contributed by atoms with van der Waals surface area (Å²) >= 11 is 0. The van der Waals surface area contributed by atoms with E-state index in [-0.39, 0.29) is 37.8 Å². The van der Waals surface area contributed by atoms with Crippen molar-refractivity contribution in [2.24, 2.45) is 5.92 Å². The molecule has 54 heavy (non-hydrogen) atoms. The molecule has 1 N–H and O–H groups in total. The van der Waals surface area contributed by atoms with E-state index in [0.717, 1.165) is 12.1 Å². The molecule has 0 spiro atoms. The van der Waals surface area contributed by atoms with Crippen molar-refractivity contribution in [3.63, 3.8) is 0 Å². The highest BCUT2D eigenvalue weighted by Crippen LogP contribution is 2.37. The van der Waals surface area contributed by atoms with Crippen molar-refractivity contribution in [1.29, 1.82) is 0 Å². The average molecular weight is 796 g/mol. The fraction of sp³-hybridized carbons (Fsp3) is 0.588. The van der Waals surface area contributed by atoms with Crippen LogP contribution in [-0.4, -0.2) is 98.3 Å². The fourth-order valence-electron chi connectivity index (χ4n) is 6.42. The van der Waals surface area contributed by atoms with Gasteiger partial charge in [-0.05, 0) is 82.9 Å². The van der Waals surface area contributed by atoms with Crippen molar-refractivity contribution in [3.8, 4) is 11.5 Å². The molecule has 0 aliphatic carbocycles. The number of nitrogens with one attached hydrogen (secondary N) is 1. The lowest BCUT2D eigenvalue weighted by molar-refractivity contribution is -0.0909. The van der Waals surface area contributed by atoms with E-state index in [2.05, 4.69) is 14.3 Å². The molecule has 3 aliphatic heterocycles. The largest absolute Gasteiger partial charge is 0.534 e. The van der Waals surface area contributed by atoms with Gasteiger partial charge in [-0.2, -0.15) is 30.4 Å². The molecule has 3 saturated heterocycles. The minimum Gasteiger partial charge on any atom is -0.444 e. The maximum absolute atomic E-state index is 13.7. The molecule has 0 saturated carbocycles. The molecule has 0 radical (unpaired) electrons. The molecule has 0 unspecified atom stereocenters. The standard InChI is InChI=1S/C34H42F5N3O11S/c1-32(2,3)52-31(44)42-25(16-20-6-12-23(13-7-20)53-54(45,46)34(37,38)39)26(51-33(42,4)5)18-41(17-21-8-10-22(11-9-21)49-29(35)36)40-30(43)50-27-19-48-28-24(27)14-15-47-28/h6-13,24-29H,14-19H2,1-5H3,(H,40,43)/t24-,25+,26-,27-,28+/m0/s1. The number of benzene rings is 2. The first-order valence-corrected chi connectivity index (χ1v) is 18.3. The number of alkyl halides is 5. The molecule has 3 fully saturated rings.